The Labute approximate surface area is 305 Å². The summed E-state index contributed by atoms with van der Waals surface area (Å²) in [5.74, 6) is 2.29. The number of benzene rings is 2. The van der Waals surface area contributed by atoms with Gasteiger partial charge in [0.15, 0.2) is 0 Å². The van der Waals surface area contributed by atoms with E-state index in [4.69, 9.17) is 10.2 Å². The maximum Gasteiger partial charge on any atom is 2.00 e. The smallest absolute Gasteiger partial charge is 0.417 e. The van der Waals surface area contributed by atoms with Crippen LogP contribution in [-0.2, 0) is 16.8 Å². The number of rotatable bonds is 6. The van der Waals surface area contributed by atoms with E-state index in [0.717, 1.165) is 59.0 Å². The molecule has 255 valence electrons. The molecule has 0 atom stereocenters. The number of aliphatic hydroxyl groups excluding tert-OH is 2. The zero-order valence-electron chi connectivity index (χ0n) is 27.6. The third kappa shape index (κ3) is 9.90. The van der Waals surface area contributed by atoms with Crippen molar-refractivity contribution in [2.75, 3.05) is 14.2 Å². The van der Waals surface area contributed by atoms with Crippen molar-refractivity contribution in [1.82, 2.24) is 50.3 Å². The molecule has 0 aliphatic carbocycles. The van der Waals surface area contributed by atoms with Crippen LogP contribution in [0.3, 0.4) is 0 Å². The molecule has 0 amide bonds. The zero-order valence-corrected chi connectivity index (χ0v) is 28.6. The van der Waals surface area contributed by atoms with Crippen molar-refractivity contribution in [3.8, 4) is 68.1 Å². The van der Waals surface area contributed by atoms with Gasteiger partial charge in [-0.3, -0.25) is 30.1 Å². The van der Waals surface area contributed by atoms with Gasteiger partial charge in [0.2, 0.25) is 0 Å². The van der Waals surface area contributed by atoms with Gasteiger partial charge in [-0.25, -0.2) is 0 Å². The van der Waals surface area contributed by atoms with E-state index >= 15 is 0 Å². The Kier molecular flexibility index (Phi) is 14.5. The van der Waals surface area contributed by atoms with Crippen LogP contribution in [0.25, 0.3) is 68.1 Å². The second-order valence-corrected chi connectivity index (χ2v) is 9.97. The molecule has 0 saturated carbocycles. The fourth-order valence-corrected chi connectivity index (χ4v) is 4.64. The summed E-state index contributed by atoms with van der Waals surface area (Å²) in [6.45, 7) is 0. The average molecular weight is 720 g/mol. The number of aromatic nitrogens is 10. The van der Waals surface area contributed by atoms with Gasteiger partial charge in [-0.05, 0) is 93.6 Å². The molecule has 6 heterocycles. The number of nitrogens with zero attached hydrogens (tertiary/aromatic N) is 10. The largest absolute Gasteiger partial charge is 2.00 e. The van der Waals surface area contributed by atoms with E-state index < -0.39 is 0 Å². The minimum absolute atomic E-state index is 0. The minimum Gasteiger partial charge on any atom is -0.417 e. The van der Waals surface area contributed by atoms with Crippen LogP contribution >= 0.6 is 0 Å². The quantitative estimate of drug-likeness (QED) is 0.216. The second kappa shape index (κ2) is 19.7. The summed E-state index contributed by atoms with van der Waals surface area (Å²) in [4.78, 5) is 25.5. The Morgan fingerprint density at radius 3 is 1.06 bits per heavy atom. The number of aliphatic hydroxyl groups is 2. The monoisotopic (exact) mass is 719 g/mol. The number of pyridine rings is 4. The molecule has 1 radical (unpaired) electrons. The molecule has 0 fully saturated rings. The maximum atomic E-state index is 7.00. The molecule has 12 nitrogen and oxygen atoms in total. The summed E-state index contributed by atoms with van der Waals surface area (Å²) in [5, 5.41) is 30.5. The fourth-order valence-electron chi connectivity index (χ4n) is 4.64. The van der Waals surface area contributed by atoms with E-state index in [2.05, 4.69) is 50.3 Å². The predicted molar refractivity (Wildman–Crippen MR) is 191 cm³/mol. The van der Waals surface area contributed by atoms with E-state index in [1.165, 1.54) is 0 Å². The Balaban J connectivity index is 0.000000205. The van der Waals surface area contributed by atoms with Crippen molar-refractivity contribution in [2.24, 2.45) is 0 Å². The second-order valence-electron chi connectivity index (χ2n) is 9.97. The van der Waals surface area contributed by atoms with Crippen LogP contribution in [0, 0.1) is 0 Å². The molecule has 0 spiro atoms. The molecule has 0 saturated heterocycles. The van der Waals surface area contributed by atoms with Crippen LogP contribution < -0.4 is 10.2 Å². The standard InChI is InChI=1S/2C18H12N5.2CH4O.Co/c2*1-2-10-20-16(3-1)18-21-17(22-23-18)15-6-4-13(5-7-15)14-8-11-19-12-9-14;2*1-2;/h2*1-12H;2*2H,1H3;/q2*-1;;;+2. The van der Waals surface area contributed by atoms with E-state index in [0.29, 0.717) is 23.3 Å². The number of hydrogen-bond acceptors (Lipinski definition) is 10. The summed E-state index contributed by atoms with van der Waals surface area (Å²) >= 11 is 0. The Morgan fingerprint density at radius 2 is 0.725 bits per heavy atom. The average Bonchev–Trinajstić information content (AvgIpc) is 3.93. The summed E-state index contributed by atoms with van der Waals surface area (Å²) < 4.78 is 0. The molecular weight excluding hydrogens is 687 g/mol. The van der Waals surface area contributed by atoms with Crippen molar-refractivity contribution >= 4 is 0 Å². The molecule has 0 unspecified atom stereocenters. The van der Waals surface area contributed by atoms with Gasteiger partial charge in [0.1, 0.15) is 0 Å². The van der Waals surface area contributed by atoms with Gasteiger partial charge < -0.3 is 30.4 Å². The summed E-state index contributed by atoms with van der Waals surface area (Å²) in [5.41, 5.74) is 7.81. The first-order valence-electron chi connectivity index (χ1n) is 15.3. The van der Waals surface area contributed by atoms with Gasteiger partial charge >= 0.3 is 16.8 Å². The molecule has 13 heteroatoms. The topological polar surface area (TPSA) is 172 Å². The van der Waals surface area contributed by atoms with Gasteiger partial charge in [-0.1, -0.05) is 60.7 Å². The van der Waals surface area contributed by atoms with Gasteiger partial charge in [0.05, 0.1) is 23.0 Å². The fraction of sp³-hybridized carbons (Fsp3) is 0.0526. The molecule has 8 rings (SSSR count). The third-order valence-electron chi connectivity index (χ3n) is 7.00. The molecule has 2 aromatic carbocycles. The minimum atomic E-state index is 0. The van der Waals surface area contributed by atoms with Crippen LogP contribution in [0.1, 0.15) is 0 Å². The van der Waals surface area contributed by atoms with E-state index in [1.807, 2.05) is 109 Å². The Morgan fingerprint density at radius 1 is 0.392 bits per heavy atom. The van der Waals surface area contributed by atoms with Crippen molar-refractivity contribution < 1.29 is 27.0 Å². The zero-order chi connectivity index (χ0) is 35.0. The summed E-state index contributed by atoms with van der Waals surface area (Å²) in [7, 11) is 2.00. The first-order valence-corrected chi connectivity index (χ1v) is 15.3. The van der Waals surface area contributed by atoms with Gasteiger partial charge in [-0.2, -0.15) is 0 Å². The summed E-state index contributed by atoms with van der Waals surface area (Å²) in [6, 6.07) is 35.3. The molecule has 0 aliphatic rings. The van der Waals surface area contributed by atoms with Crippen LogP contribution in [0.5, 0.6) is 0 Å². The SMILES string of the molecule is CO.CO.[Co+2].c1ccc(-c2nc(-c3ccc(-c4ccncc4)cc3)n[n-]2)nc1.c1ccc(-c2nc(-c3ccc(-c4ccncc4)cc3)n[n-]2)nc1. The Bertz CT molecular complexity index is 1970. The van der Waals surface area contributed by atoms with Crippen LogP contribution in [0.2, 0.25) is 0 Å². The molecule has 0 aliphatic heterocycles. The first-order chi connectivity index (χ1) is 24.8. The van der Waals surface area contributed by atoms with Crippen LogP contribution in [0.15, 0.2) is 146 Å². The van der Waals surface area contributed by atoms with Gasteiger partial charge in [0, 0.05) is 51.4 Å². The first kappa shape index (κ1) is 37.6. The van der Waals surface area contributed by atoms with E-state index in [1.54, 1.807) is 37.2 Å². The van der Waals surface area contributed by atoms with Crippen LogP contribution in [-0.4, -0.2) is 64.5 Å². The molecule has 0 bridgehead atoms. The summed E-state index contributed by atoms with van der Waals surface area (Å²) in [6.07, 6.45) is 10.6. The third-order valence-corrected chi connectivity index (χ3v) is 7.00. The molecule has 6 aromatic heterocycles. The molecule has 8 aromatic rings. The maximum absolute atomic E-state index is 7.00. The van der Waals surface area contributed by atoms with Crippen molar-refractivity contribution in [1.29, 1.82) is 0 Å². The van der Waals surface area contributed by atoms with Crippen molar-refractivity contribution in [2.45, 2.75) is 0 Å². The normalized spacial score (nSPS) is 9.80. The molecule has 51 heavy (non-hydrogen) atoms. The van der Waals surface area contributed by atoms with Crippen LogP contribution in [0.4, 0.5) is 0 Å². The van der Waals surface area contributed by atoms with Crippen molar-refractivity contribution in [3.05, 3.63) is 146 Å². The van der Waals surface area contributed by atoms with E-state index in [9.17, 15) is 0 Å². The van der Waals surface area contributed by atoms with E-state index in [-0.39, 0.29) is 16.8 Å². The Hall–Kier alpha value is -6.25. The van der Waals surface area contributed by atoms with Gasteiger partial charge in [-0.15, -0.1) is 0 Å². The molecular formula is C38H32CoN10O2. The number of hydrogen-bond donors (Lipinski definition) is 2. The van der Waals surface area contributed by atoms with Crippen molar-refractivity contribution in [3.63, 3.8) is 0 Å². The predicted octanol–water partition coefficient (Wildman–Crippen LogP) is 5.66. The van der Waals surface area contributed by atoms with Gasteiger partial charge in [0.25, 0.3) is 0 Å². The molecule has 2 N–H and O–H groups in total.